The van der Waals surface area contributed by atoms with Crippen molar-refractivity contribution in [3.63, 3.8) is 0 Å². The Hall–Kier alpha value is -1.06. The van der Waals surface area contributed by atoms with E-state index in [0.717, 1.165) is 38.5 Å². The molecule has 4 nitrogen and oxygen atoms in total. The van der Waals surface area contributed by atoms with Crippen molar-refractivity contribution in [3.05, 3.63) is 0 Å². The van der Waals surface area contributed by atoms with E-state index in [0.29, 0.717) is 6.61 Å². The lowest BCUT2D eigenvalue weighted by Gasteiger charge is -2.19. The second kappa shape index (κ2) is 11.5. The highest BCUT2D eigenvalue weighted by atomic mass is 16.5. The van der Waals surface area contributed by atoms with Gasteiger partial charge in [-0.05, 0) is 19.3 Å². The van der Waals surface area contributed by atoms with E-state index >= 15 is 0 Å². The predicted molar refractivity (Wildman–Crippen MR) is 88.5 cm³/mol. The lowest BCUT2D eigenvalue weighted by molar-refractivity contribution is -0.149. The first kappa shape index (κ1) is 19.0. The molecule has 0 unspecified atom stereocenters. The number of likely N-dealkylation sites (N-methyl/N-ethyl adjacent to an activating group) is 1. The van der Waals surface area contributed by atoms with E-state index in [9.17, 15) is 9.59 Å². The summed E-state index contributed by atoms with van der Waals surface area (Å²) in [6.45, 7) is 2.79. The molecule has 1 aliphatic carbocycles. The lowest BCUT2D eigenvalue weighted by atomic mass is 10.1. The summed E-state index contributed by atoms with van der Waals surface area (Å²) in [6, 6.07) is 0. The molecule has 0 N–H and O–H groups in total. The molecule has 1 amide bonds. The third kappa shape index (κ3) is 7.81. The van der Waals surface area contributed by atoms with Crippen LogP contribution in [0.25, 0.3) is 0 Å². The van der Waals surface area contributed by atoms with E-state index < -0.39 is 0 Å². The highest BCUT2D eigenvalue weighted by Gasteiger charge is 2.26. The minimum absolute atomic E-state index is 0.0891. The molecule has 0 atom stereocenters. The van der Waals surface area contributed by atoms with Crippen LogP contribution in [0, 0.1) is 5.92 Å². The predicted octanol–water partition coefficient (Wildman–Crippen LogP) is 3.93. The Morgan fingerprint density at radius 1 is 1.00 bits per heavy atom. The topological polar surface area (TPSA) is 46.6 Å². The van der Waals surface area contributed by atoms with Crippen molar-refractivity contribution in [2.45, 2.75) is 77.6 Å². The van der Waals surface area contributed by atoms with Gasteiger partial charge in [-0.2, -0.15) is 0 Å². The summed E-state index contributed by atoms with van der Waals surface area (Å²) >= 11 is 0. The van der Waals surface area contributed by atoms with Crippen molar-refractivity contribution in [1.29, 1.82) is 0 Å². The fourth-order valence-corrected chi connectivity index (χ4v) is 3.05. The van der Waals surface area contributed by atoms with Crippen LogP contribution in [0.2, 0.25) is 0 Å². The van der Waals surface area contributed by atoms with Crippen LogP contribution >= 0.6 is 0 Å². The minimum Gasteiger partial charge on any atom is -0.464 e. The van der Waals surface area contributed by atoms with Crippen LogP contribution in [0.3, 0.4) is 0 Å². The summed E-state index contributed by atoms with van der Waals surface area (Å²) in [4.78, 5) is 25.4. The van der Waals surface area contributed by atoms with E-state index in [-0.39, 0.29) is 24.3 Å². The molecule has 128 valence electrons. The van der Waals surface area contributed by atoms with Crippen LogP contribution in [0.15, 0.2) is 0 Å². The highest BCUT2D eigenvalue weighted by molar-refractivity contribution is 5.83. The zero-order chi connectivity index (χ0) is 16.2. The van der Waals surface area contributed by atoms with Crippen LogP contribution in [-0.2, 0) is 14.3 Å². The molecule has 0 radical (unpaired) electrons. The van der Waals surface area contributed by atoms with Gasteiger partial charge in [0.25, 0.3) is 0 Å². The number of ether oxygens (including phenoxy) is 1. The highest BCUT2D eigenvalue weighted by Crippen LogP contribution is 2.26. The van der Waals surface area contributed by atoms with Crippen molar-refractivity contribution in [2.75, 3.05) is 20.2 Å². The molecule has 1 saturated carbocycles. The first-order chi connectivity index (χ1) is 10.6. The van der Waals surface area contributed by atoms with Gasteiger partial charge in [-0.1, -0.05) is 58.3 Å². The Bertz CT molecular complexity index is 324. The van der Waals surface area contributed by atoms with Gasteiger partial charge in [0.2, 0.25) is 5.91 Å². The summed E-state index contributed by atoms with van der Waals surface area (Å²) in [5.41, 5.74) is 0. The second-order valence-corrected chi connectivity index (χ2v) is 6.52. The quantitative estimate of drug-likeness (QED) is 0.429. The largest absolute Gasteiger partial charge is 0.464 e. The number of hydrogen-bond acceptors (Lipinski definition) is 3. The maximum absolute atomic E-state index is 12.1. The van der Waals surface area contributed by atoms with E-state index in [4.69, 9.17) is 4.74 Å². The molecular weight excluding hydrogens is 278 g/mol. The summed E-state index contributed by atoms with van der Waals surface area (Å²) in [5.74, 6) is -0.0499. The summed E-state index contributed by atoms with van der Waals surface area (Å²) in [7, 11) is 1.70. The molecular formula is C18H33NO3. The lowest BCUT2D eigenvalue weighted by Crippen LogP contribution is -2.36. The number of amides is 1. The molecule has 1 fully saturated rings. The normalized spacial score (nSPS) is 15.0. The van der Waals surface area contributed by atoms with Crippen molar-refractivity contribution < 1.29 is 14.3 Å². The fourth-order valence-electron chi connectivity index (χ4n) is 3.05. The molecule has 0 bridgehead atoms. The molecule has 1 rings (SSSR count). The minimum atomic E-state index is -0.278. The van der Waals surface area contributed by atoms with Gasteiger partial charge in [0.05, 0.1) is 6.61 Å². The summed E-state index contributed by atoms with van der Waals surface area (Å²) in [5, 5.41) is 0. The maximum Gasteiger partial charge on any atom is 0.325 e. The van der Waals surface area contributed by atoms with Crippen molar-refractivity contribution in [2.24, 2.45) is 5.92 Å². The smallest absolute Gasteiger partial charge is 0.325 e. The molecule has 0 aromatic carbocycles. The standard InChI is InChI=1S/C18H33NO3/c1-3-4-5-6-7-8-11-14-22-17(20)15-19(2)18(21)16-12-9-10-13-16/h16H,3-15H2,1-2H3. The Morgan fingerprint density at radius 2 is 1.59 bits per heavy atom. The zero-order valence-electron chi connectivity index (χ0n) is 14.4. The van der Waals surface area contributed by atoms with Crippen molar-refractivity contribution in [3.8, 4) is 0 Å². The van der Waals surface area contributed by atoms with Gasteiger partial charge in [0.15, 0.2) is 0 Å². The van der Waals surface area contributed by atoms with Crippen LogP contribution < -0.4 is 0 Å². The Labute approximate surface area is 135 Å². The Kier molecular flexibility index (Phi) is 9.93. The van der Waals surface area contributed by atoms with Crippen LogP contribution in [0.4, 0.5) is 0 Å². The number of carbonyl (C=O) groups excluding carboxylic acids is 2. The van der Waals surface area contributed by atoms with Gasteiger partial charge in [0, 0.05) is 13.0 Å². The fraction of sp³-hybridized carbons (Fsp3) is 0.889. The molecule has 0 spiro atoms. The van der Waals surface area contributed by atoms with Crippen molar-refractivity contribution >= 4 is 11.9 Å². The number of unbranched alkanes of at least 4 members (excludes halogenated alkanes) is 6. The van der Waals surface area contributed by atoms with Crippen LogP contribution in [0.1, 0.15) is 77.6 Å². The van der Waals surface area contributed by atoms with Gasteiger partial charge >= 0.3 is 5.97 Å². The number of hydrogen-bond donors (Lipinski definition) is 0. The van der Waals surface area contributed by atoms with E-state index in [1.54, 1.807) is 7.05 Å². The van der Waals surface area contributed by atoms with E-state index in [2.05, 4.69) is 6.92 Å². The van der Waals surface area contributed by atoms with Gasteiger partial charge in [-0.3, -0.25) is 9.59 Å². The van der Waals surface area contributed by atoms with Gasteiger partial charge in [-0.25, -0.2) is 0 Å². The monoisotopic (exact) mass is 311 g/mol. The molecule has 0 aromatic heterocycles. The third-order valence-electron chi connectivity index (χ3n) is 4.46. The zero-order valence-corrected chi connectivity index (χ0v) is 14.4. The summed E-state index contributed by atoms with van der Waals surface area (Å²) in [6.07, 6.45) is 12.6. The third-order valence-corrected chi connectivity index (χ3v) is 4.46. The molecule has 0 aliphatic heterocycles. The molecule has 4 heteroatoms. The van der Waals surface area contributed by atoms with E-state index in [1.807, 2.05) is 0 Å². The molecule has 0 aromatic rings. The van der Waals surface area contributed by atoms with Crippen molar-refractivity contribution in [1.82, 2.24) is 4.90 Å². The SMILES string of the molecule is CCCCCCCCCOC(=O)CN(C)C(=O)C1CCCC1. The number of nitrogens with zero attached hydrogens (tertiary/aromatic N) is 1. The molecule has 1 aliphatic rings. The van der Waals surface area contributed by atoms with Crippen LogP contribution in [0.5, 0.6) is 0 Å². The second-order valence-electron chi connectivity index (χ2n) is 6.52. The van der Waals surface area contributed by atoms with Gasteiger partial charge in [-0.15, -0.1) is 0 Å². The number of carbonyl (C=O) groups is 2. The van der Waals surface area contributed by atoms with Gasteiger partial charge < -0.3 is 9.64 Å². The number of esters is 1. The molecule has 0 saturated heterocycles. The number of rotatable bonds is 11. The average molecular weight is 311 g/mol. The molecule has 22 heavy (non-hydrogen) atoms. The first-order valence-electron chi connectivity index (χ1n) is 9.05. The molecule has 0 heterocycles. The summed E-state index contributed by atoms with van der Waals surface area (Å²) < 4.78 is 5.22. The van der Waals surface area contributed by atoms with Gasteiger partial charge in [0.1, 0.15) is 6.54 Å². The Balaban J connectivity index is 2.01. The van der Waals surface area contributed by atoms with E-state index in [1.165, 1.54) is 37.0 Å². The van der Waals surface area contributed by atoms with Crippen LogP contribution in [-0.4, -0.2) is 37.0 Å². The first-order valence-corrected chi connectivity index (χ1v) is 9.05. The Morgan fingerprint density at radius 3 is 2.23 bits per heavy atom. The maximum atomic E-state index is 12.1. The average Bonchev–Trinajstić information content (AvgIpc) is 3.03.